The number of benzene rings is 2. The lowest BCUT2D eigenvalue weighted by atomic mass is 10.1. The second-order valence-corrected chi connectivity index (χ2v) is 7.02. The summed E-state index contributed by atoms with van der Waals surface area (Å²) in [6.45, 7) is 6.61. The number of hydrogen-bond acceptors (Lipinski definition) is 4. The van der Waals surface area contributed by atoms with Crippen LogP contribution in [-0.2, 0) is 6.42 Å². The lowest BCUT2D eigenvalue weighted by Gasteiger charge is -2.17. The number of rotatable bonds is 3. The average Bonchev–Trinajstić information content (AvgIpc) is 3.03. The lowest BCUT2D eigenvalue weighted by molar-refractivity contribution is 0.0984. The van der Waals surface area contributed by atoms with E-state index >= 15 is 0 Å². The van der Waals surface area contributed by atoms with Crippen LogP contribution < -0.4 is 10.2 Å². The van der Waals surface area contributed by atoms with Crippen molar-refractivity contribution in [2.24, 2.45) is 0 Å². The predicted molar refractivity (Wildman–Crippen MR) is 108 cm³/mol. The molecule has 1 amide bonds. The molecule has 3 aromatic rings. The smallest absolute Gasteiger partial charge is 0.277 e. The van der Waals surface area contributed by atoms with Crippen molar-refractivity contribution in [1.29, 1.82) is 0 Å². The van der Waals surface area contributed by atoms with Crippen LogP contribution in [0.3, 0.4) is 0 Å². The van der Waals surface area contributed by atoms with Crippen LogP contribution in [0.1, 0.15) is 33.0 Å². The van der Waals surface area contributed by atoms with Gasteiger partial charge >= 0.3 is 0 Å². The molecule has 1 aliphatic rings. The van der Waals surface area contributed by atoms with Gasteiger partial charge in [-0.1, -0.05) is 24.3 Å². The van der Waals surface area contributed by atoms with Crippen molar-refractivity contribution < 1.29 is 4.79 Å². The molecule has 0 atom stereocenters. The SMILES string of the molecule is Cc1cc(C)cc(Nc2cc(C(=O)N3CCc4ccccc43)nc(C)n2)c1. The summed E-state index contributed by atoms with van der Waals surface area (Å²) in [5.74, 6) is 1.11. The van der Waals surface area contributed by atoms with Gasteiger partial charge in [0.2, 0.25) is 0 Å². The number of amides is 1. The van der Waals surface area contributed by atoms with E-state index in [1.165, 1.54) is 16.7 Å². The van der Waals surface area contributed by atoms with Gasteiger partial charge in [-0.15, -0.1) is 0 Å². The summed E-state index contributed by atoms with van der Waals surface area (Å²) in [6.07, 6.45) is 0.875. The number of hydrogen-bond donors (Lipinski definition) is 1. The molecule has 2 heterocycles. The van der Waals surface area contributed by atoms with Gasteiger partial charge in [-0.05, 0) is 62.1 Å². The third kappa shape index (κ3) is 3.53. The van der Waals surface area contributed by atoms with E-state index in [0.717, 1.165) is 17.8 Å². The minimum absolute atomic E-state index is 0.0890. The molecular weight excluding hydrogens is 336 g/mol. The number of carbonyl (C=O) groups excluding carboxylic acids is 1. The number of nitrogens with zero attached hydrogens (tertiary/aromatic N) is 3. The van der Waals surface area contributed by atoms with Crippen molar-refractivity contribution in [1.82, 2.24) is 9.97 Å². The van der Waals surface area contributed by atoms with Gasteiger partial charge in [0.05, 0.1) is 0 Å². The molecule has 0 bridgehead atoms. The first-order valence-electron chi connectivity index (χ1n) is 9.10. The number of carbonyl (C=O) groups is 1. The fourth-order valence-corrected chi connectivity index (χ4v) is 3.62. The molecule has 0 aliphatic carbocycles. The van der Waals surface area contributed by atoms with Gasteiger partial charge < -0.3 is 10.2 Å². The first-order chi connectivity index (χ1) is 13.0. The van der Waals surface area contributed by atoms with E-state index in [4.69, 9.17) is 0 Å². The molecule has 0 spiro atoms. The Bertz CT molecular complexity index is 1010. The zero-order chi connectivity index (χ0) is 19.0. The van der Waals surface area contributed by atoms with Gasteiger partial charge in [0.15, 0.2) is 0 Å². The summed E-state index contributed by atoms with van der Waals surface area (Å²) in [7, 11) is 0. The largest absolute Gasteiger partial charge is 0.340 e. The van der Waals surface area contributed by atoms with Crippen LogP contribution in [0.5, 0.6) is 0 Å². The van der Waals surface area contributed by atoms with E-state index in [-0.39, 0.29) is 5.91 Å². The number of fused-ring (bicyclic) bond motifs is 1. The number of nitrogens with one attached hydrogen (secondary N) is 1. The highest BCUT2D eigenvalue weighted by Crippen LogP contribution is 2.29. The van der Waals surface area contributed by atoms with Crippen LogP contribution in [0.15, 0.2) is 48.5 Å². The molecule has 0 radical (unpaired) electrons. The summed E-state index contributed by atoms with van der Waals surface area (Å²) < 4.78 is 0. The van der Waals surface area contributed by atoms with Gasteiger partial charge in [0.25, 0.3) is 5.91 Å². The zero-order valence-corrected chi connectivity index (χ0v) is 15.8. The fraction of sp³-hybridized carbons (Fsp3) is 0.227. The summed E-state index contributed by atoms with van der Waals surface area (Å²) in [4.78, 5) is 23.7. The van der Waals surface area contributed by atoms with E-state index in [0.29, 0.717) is 23.9 Å². The van der Waals surface area contributed by atoms with E-state index in [2.05, 4.69) is 53.4 Å². The van der Waals surface area contributed by atoms with Crippen LogP contribution in [0, 0.1) is 20.8 Å². The second-order valence-electron chi connectivity index (χ2n) is 7.02. The molecule has 27 heavy (non-hydrogen) atoms. The molecule has 0 saturated carbocycles. The maximum atomic E-state index is 13.1. The number of aryl methyl sites for hydroxylation is 3. The van der Waals surface area contributed by atoms with E-state index in [1.54, 1.807) is 17.9 Å². The number of anilines is 3. The highest BCUT2D eigenvalue weighted by Gasteiger charge is 2.26. The van der Waals surface area contributed by atoms with Crippen molar-refractivity contribution >= 4 is 23.1 Å². The fourth-order valence-electron chi connectivity index (χ4n) is 3.62. The van der Waals surface area contributed by atoms with Crippen LogP contribution in [0.4, 0.5) is 17.2 Å². The quantitative estimate of drug-likeness (QED) is 0.756. The maximum absolute atomic E-state index is 13.1. The van der Waals surface area contributed by atoms with Crippen molar-refractivity contribution in [2.45, 2.75) is 27.2 Å². The summed E-state index contributed by atoms with van der Waals surface area (Å²) in [6, 6.07) is 16.0. The van der Waals surface area contributed by atoms with E-state index in [1.807, 2.05) is 18.2 Å². The highest BCUT2D eigenvalue weighted by atomic mass is 16.2. The first kappa shape index (κ1) is 17.2. The van der Waals surface area contributed by atoms with E-state index < -0.39 is 0 Å². The van der Waals surface area contributed by atoms with Gasteiger partial charge in [-0.25, -0.2) is 9.97 Å². The molecule has 0 fully saturated rings. The Morgan fingerprint density at radius 1 is 1.00 bits per heavy atom. The molecule has 0 unspecified atom stereocenters. The Balaban J connectivity index is 1.64. The van der Waals surface area contributed by atoms with Crippen LogP contribution >= 0.6 is 0 Å². The van der Waals surface area contributed by atoms with Gasteiger partial charge in [-0.3, -0.25) is 4.79 Å². The summed E-state index contributed by atoms with van der Waals surface area (Å²) >= 11 is 0. The molecule has 0 saturated heterocycles. The monoisotopic (exact) mass is 358 g/mol. The third-order valence-corrected chi connectivity index (χ3v) is 4.68. The molecule has 136 valence electrons. The van der Waals surface area contributed by atoms with Gasteiger partial charge in [0.1, 0.15) is 17.3 Å². The minimum Gasteiger partial charge on any atom is -0.340 e. The van der Waals surface area contributed by atoms with Gasteiger partial charge in [-0.2, -0.15) is 0 Å². The van der Waals surface area contributed by atoms with Crippen LogP contribution in [-0.4, -0.2) is 22.4 Å². The second kappa shape index (κ2) is 6.83. The lowest BCUT2D eigenvalue weighted by Crippen LogP contribution is -2.30. The maximum Gasteiger partial charge on any atom is 0.277 e. The Labute approximate surface area is 159 Å². The molecule has 2 aromatic carbocycles. The molecular formula is C22H22N4O. The van der Waals surface area contributed by atoms with Crippen molar-refractivity contribution in [3.63, 3.8) is 0 Å². The summed E-state index contributed by atoms with van der Waals surface area (Å²) in [5, 5.41) is 3.31. The molecule has 1 aromatic heterocycles. The standard InChI is InChI=1S/C22H22N4O/c1-14-10-15(2)12-18(11-14)25-21-13-19(23-16(3)24-21)22(27)26-9-8-17-6-4-5-7-20(17)26/h4-7,10-13H,8-9H2,1-3H3,(H,23,24,25). The zero-order valence-electron chi connectivity index (χ0n) is 15.8. The molecule has 1 N–H and O–H groups in total. The first-order valence-corrected chi connectivity index (χ1v) is 9.10. The topological polar surface area (TPSA) is 58.1 Å². The average molecular weight is 358 g/mol. The number of para-hydroxylation sites is 1. The summed E-state index contributed by atoms with van der Waals surface area (Å²) in [5.41, 5.74) is 5.89. The Morgan fingerprint density at radius 3 is 2.52 bits per heavy atom. The Hall–Kier alpha value is -3.21. The Kier molecular flexibility index (Phi) is 4.36. The Morgan fingerprint density at radius 2 is 1.74 bits per heavy atom. The van der Waals surface area contributed by atoms with E-state index in [9.17, 15) is 4.79 Å². The molecule has 5 heteroatoms. The van der Waals surface area contributed by atoms with Crippen molar-refractivity contribution in [3.05, 3.63) is 76.7 Å². The van der Waals surface area contributed by atoms with Crippen LogP contribution in [0.2, 0.25) is 0 Å². The number of aromatic nitrogens is 2. The predicted octanol–water partition coefficient (Wildman–Crippen LogP) is 4.35. The normalized spacial score (nSPS) is 12.8. The third-order valence-electron chi connectivity index (χ3n) is 4.68. The van der Waals surface area contributed by atoms with Gasteiger partial charge in [0, 0.05) is 24.0 Å². The van der Waals surface area contributed by atoms with Crippen molar-refractivity contribution in [2.75, 3.05) is 16.8 Å². The molecule has 5 nitrogen and oxygen atoms in total. The minimum atomic E-state index is -0.0890. The van der Waals surface area contributed by atoms with Crippen LogP contribution in [0.25, 0.3) is 0 Å². The highest BCUT2D eigenvalue weighted by molar-refractivity contribution is 6.06. The van der Waals surface area contributed by atoms with Crippen molar-refractivity contribution in [3.8, 4) is 0 Å². The molecule has 4 rings (SSSR count). The molecule has 1 aliphatic heterocycles.